The van der Waals surface area contributed by atoms with Crippen molar-refractivity contribution in [3.05, 3.63) is 12.4 Å². The highest BCUT2D eigenvalue weighted by molar-refractivity contribution is 5.90. The van der Waals surface area contributed by atoms with Crippen LogP contribution in [-0.2, 0) is 4.79 Å². The molecule has 0 radical (unpaired) electrons. The maximum atomic E-state index is 10.6. The predicted octanol–water partition coefficient (Wildman–Crippen LogP) is -1.23. The summed E-state index contributed by atoms with van der Waals surface area (Å²) >= 11 is 0. The van der Waals surface area contributed by atoms with Crippen LogP contribution in [0, 0.1) is 0 Å². The monoisotopic (exact) mass is 153 g/mol. The molecule has 6 heteroatoms. The van der Waals surface area contributed by atoms with Crippen LogP contribution in [0.5, 0.6) is 0 Å². The van der Waals surface area contributed by atoms with Crippen molar-refractivity contribution in [2.75, 3.05) is 11.9 Å². The Morgan fingerprint density at radius 3 is 3.00 bits per heavy atom. The second-order valence-corrected chi connectivity index (χ2v) is 1.72. The van der Waals surface area contributed by atoms with Gasteiger partial charge in [-0.15, -0.1) is 5.10 Å². The molecule has 0 saturated heterocycles. The van der Waals surface area contributed by atoms with E-state index in [1.807, 2.05) is 0 Å². The molecular formula is C5H7N5O. The molecule has 11 heavy (non-hydrogen) atoms. The van der Waals surface area contributed by atoms with Crippen LogP contribution in [0.4, 0.5) is 5.95 Å². The molecule has 0 aliphatic carbocycles. The minimum Gasteiger partial charge on any atom is -0.322 e. The van der Waals surface area contributed by atoms with E-state index in [0.717, 1.165) is 0 Å². The van der Waals surface area contributed by atoms with E-state index in [4.69, 9.17) is 5.73 Å². The highest BCUT2D eigenvalue weighted by Crippen LogP contribution is 1.89. The van der Waals surface area contributed by atoms with Gasteiger partial charge in [0, 0.05) is 0 Å². The number of nitrogens with two attached hydrogens (primary N) is 1. The first kappa shape index (κ1) is 7.55. The van der Waals surface area contributed by atoms with Gasteiger partial charge in [0.1, 0.15) is 0 Å². The average molecular weight is 153 g/mol. The van der Waals surface area contributed by atoms with Crippen molar-refractivity contribution in [2.45, 2.75) is 0 Å². The summed E-state index contributed by atoms with van der Waals surface area (Å²) in [4.78, 5) is 14.3. The van der Waals surface area contributed by atoms with Gasteiger partial charge in [-0.05, 0) is 0 Å². The summed E-state index contributed by atoms with van der Waals surface area (Å²) in [7, 11) is 0. The third kappa shape index (κ3) is 2.26. The Morgan fingerprint density at radius 1 is 1.64 bits per heavy atom. The van der Waals surface area contributed by atoms with Crippen molar-refractivity contribution in [2.24, 2.45) is 5.73 Å². The van der Waals surface area contributed by atoms with Crippen LogP contribution >= 0.6 is 0 Å². The molecule has 0 aromatic carbocycles. The number of carbonyl (C=O) groups excluding carboxylic acids is 1. The summed E-state index contributed by atoms with van der Waals surface area (Å²) in [6.07, 6.45) is 2.84. The molecule has 1 rings (SSSR count). The number of carbonyl (C=O) groups is 1. The average Bonchev–Trinajstić information content (AvgIpc) is 2.06. The van der Waals surface area contributed by atoms with E-state index in [1.54, 1.807) is 0 Å². The topological polar surface area (TPSA) is 93.8 Å². The van der Waals surface area contributed by atoms with Crippen molar-refractivity contribution >= 4 is 11.9 Å². The van der Waals surface area contributed by atoms with Crippen LogP contribution in [0.1, 0.15) is 0 Å². The van der Waals surface area contributed by atoms with Crippen molar-refractivity contribution in [1.82, 2.24) is 15.2 Å². The predicted molar refractivity (Wildman–Crippen MR) is 37.5 cm³/mol. The zero-order valence-electron chi connectivity index (χ0n) is 5.69. The summed E-state index contributed by atoms with van der Waals surface area (Å²) in [6, 6.07) is 0. The first-order valence-electron chi connectivity index (χ1n) is 2.96. The molecule has 0 aliphatic heterocycles. The maximum absolute atomic E-state index is 10.6. The zero-order valence-corrected chi connectivity index (χ0v) is 5.69. The molecular weight excluding hydrogens is 146 g/mol. The number of anilines is 1. The van der Waals surface area contributed by atoms with Gasteiger partial charge in [0.15, 0.2) is 0 Å². The lowest BCUT2D eigenvalue weighted by atomic mass is 10.6. The molecule has 6 nitrogen and oxygen atoms in total. The van der Waals surface area contributed by atoms with Crippen LogP contribution in [0.2, 0.25) is 0 Å². The lowest BCUT2D eigenvalue weighted by Crippen LogP contribution is -2.23. The van der Waals surface area contributed by atoms with Crippen molar-refractivity contribution in [3.8, 4) is 0 Å². The molecule has 3 N–H and O–H groups in total. The zero-order chi connectivity index (χ0) is 8.10. The SMILES string of the molecule is NCC(=O)Nc1nccnn1. The molecule has 0 atom stereocenters. The number of aromatic nitrogens is 3. The first-order chi connectivity index (χ1) is 5.33. The van der Waals surface area contributed by atoms with Crippen molar-refractivity contribution < 1.29 is 4.79 Å². The van der Waals surface area contributed by atoms with Gasteiger partial charge in [0.2, 0.25) is 11.9 Å². The lowest BCUT2D eigenvalue weighted by Gasteiger charge is -1.97. The van der Waals surface area contributed by atoms with Crippen LogP contribution in [0.25, 0.3) is 0 Å². The minimum atomic E-state index is -0.335. The Hall–Kier alpha value is -1.56. The van der Waals surface area contributed by atoms with E-state index in [-0.39, 0.29) is 18.4 Å². The number of nitrogens with zero attached hydrogens (tertiary/aromatic N) is 3. The third-order valence-electron chi connectivity index (χ3n) is 0.919. The quantitative estimate of drug-likeness (QED) is 0.554. The Bertz CT molecular complexity index is 236. The number of amides is 1. The highest BCUT2D eigenvalue weighted by atomic mass is 16.1. The molecule has 0 saturated carbocycles. The molecule has 0 spiro atoms. The molecule has 0 unspecified atom stereocenters. The molecule has 0 fully saturated rings. The second-order valence-electron chi connectivity index (χ2n) is 1.72. The summed E-state index contributed by atoms with van der Waals surface area (Å²) in [5.41, 5.74) is 5.03. The molecule has 0 aliphatic rings. The number of nitrogens with one attached hydrogen (secondary N) is 1. The van der Waals surface area contributed by atoms with E-state index in [0.29, 0.717) is 0 Å². The molecule has 0 bridgehead atoms. The second kappa shape index (κ2) is 3.57. The standard InChI is InChI=1S/C5H7N5O/c6-3-4(11)9-5-7-1-2-8-10-5/h1-2H,3,6H2,(H,7,9,10,11). The normalized spacial score (nSPS) is 9.18. The maximum Gasteiger partial charge on any atom is 0.249 e. The van der Waals surface area contributed by atoms with E-state index in [2.05, 4.69) is 20.5 Å². The Balaban J connectivity index is 2.58. The van der Waals surface area contributed by atoms with Crippen molar-refractivity contribution in [1.29, 1.82) is 0 Å². The fourth-order valence-electron chi connectivity index (χ4n) is 0.481. The van der Waals surface area contributed by atoms with E-state index in [9.17, 15) is 4.79 Å². The number of hydrogen-bond acceptors (Lipinski definition) is 5. The van der Waals surface area contributed by atoms with Gasteiger partial charge in [0.05, 0.1) is 18.9 Å². The van der Waals surface area contributed by atoms with Gasteiger partial charge in [-0.3, -0.25) is 10.1 Å². The molecule has 1 aromatic heterocycles. The van der Waals surface area contributed by atoms with Gasteiger partial charge < -0.3 is 5.73 Å². The van der Waals surface area contributed by atoms with Crippen LogP contribution < -0.4 is 11.1 Å². The van der Waals surface area contributed by atoms with E-state index in [1.165, 1.54) is 12.4 Å². The smallest absolute Gasteiger partial charge is 0.249 e. The fraction of sp³-hybridized carbons (Fsp3) is 0.200. The van der Waals surface area contributed by atoms with Gasteiger partial charge in [-0.25, -0.2) is 4.98 Å². The van der Waals surface area contributed by atoms with Gasteiger partial charge in [0.25, 0.3) is 0 Å². The Labute approximate surface area is 62.8 Å². The molecule has 1 amide bonds. The number of hydrogen-bond donors (Lipinski definition) is 2. The van der Waals surface area contributed by atoms with Crippen LogP contribution in [0.15, 0.2) is 12.4 Å². The van der Waals surface area contributed by atoms with Crippen LogP contribution in [0.3, 0.4) is 0 Å². The fourth-order valence-corrected chi connectivity index (χ4v) is 0.481. The Kier molecular flexibility index (Phi) is 2.45. The number of rotatable bonds is 2. The van der Waals surface area contributed by atoms with Crippen molar-refractivity contribution in [3.63, 3.8) is 0 Å². The molecule has 58 valence electrons. The summed E-state index contributed by atoms with van der Waals surface area (Å²) < 4.78 is 0. The third-order valence-corrected chi connectivity index (χ3v) is 0.919. The van der Waals surface area contributed by atoms with E-state index >= 15 is 0 Å². The first-order valence-corrected chi connectivity index (χ1v) is 2.96. The summed E-state index contributed by atoms with van der Waals surface area (Å²) in [5, 5.41) is 9.36. The Morgan fingerprint density at radius 2 is 2.45 bits per heavy atom. The van der Waals surface area contributed by atoms with Crippen LogP contribution in [-0.4, -0.2) is 27.6 Å². The summed E-state index contributed by atoms with van der Waals surface area (Å²) in [5.74, 6) is -0.166. The highest BCUT2D eigenvalue weighted by Gasteiger charge is 1.99. The van der Waals surface area contributed by atoms with E-state index < -0.39 is 0 Å². The van der Waals surface area contributed by atoms with Gasteiger partial charge >= 0.3 is 0 Å². The van der Waals surface area contributed by atoms with Gasteiger partial charge in [-0.2, -0.15) is 5.10 Å². The van der Waals surface area contributed by atoms with Gasteiger partial charge in [-0.1, -0.05) is 0 Å². The minimum absolute atomic E-state index is 0.0851. The molecule has 1 aromatic rings. The lowest BCUT2D eigenvalue weighted by molar-refractivity contribution is -0.114. The largest absolute Gasteiger partial charge is 0.322 e. The summed E-state index contributed by atoms with van der Waals surface area (Å²) in [6.45, 7) is -0.0851. The molecule has 1 heterocycles.